The molecule has 0 unspecified atom stereocenters. The summed E-state index contributed by atoms with van der Waals surface area (Å²) in [6.45, 7) is 4.23. The van der Waals surface area contributed by atoms with Gasteiger partial charge in [0.1, 0.15) is 5.56 Å². The first-order valence-corrected chi connectivity index (χ1v) is 8.96. The molecule has 2 aromatic heterocycles. The van der Waals surface area contributed by atoms with Crippen LogP contribution in [0.2, 0.25) is 0 Å². The number of nitrogens with one attached hydrogen (secondary N) is 1. The van der Waals surface area contributed by atoms with E-state index in [-0.39, 0.29) is 22.8 Å². The van der Waals surface area contributed by atoms with E-state index in [1.54, 1.807) is 24.3 Å². The minimum Gasteiger partial charge on any atom is -0.352 e. The first-order chi connectivity index (χ1) is 12.7. The number of carbonyl (C=O) groups excluding carboxylic acids is 1. The molecule has 0 aliphatic heterocycles. The molecular weight excluding hydrogens is 425 g/mol. The fourth-order valence-corrected chi connectivity index (χ4v) is 2.75. The van der Waals surface area contributed by atoms with Gasteiger partial charge in [0.15, 0.2) is 11.3 Å². The first-order valence-electron chi connectivity index (χ1n) is 8.17. The monoisotopic (exact) mass is 440 g/mol. The number of hydrogen-bond acceptors (Lipinski definition) is 3. The Balaban J connectivity index is 2.16. The van der Waals surface area contributed by atoms with Crippen molar-refractivity contribution in [3.05, 3.63) is 52.3 Å². The van der Waals surface area contributed by atoms with E-state index < -0.39 is 17.8 Å². The molecule has 0 saturated heterocycles. The number of amides is 1. The van der Waals surface area contributed by atoms with Gasteiger partial charge in [0.2, 0.25) is 0 Å². The van der Waals surface area contributed by atoms with Crippen LogP contribution in [0.5, 0.6) is 0 Å². The minimum absolute atomic E-state index is 0.000103. The molecule has 1 N–H and O–H groups in total. The molecule has 0 aliphatic rings. The van der Waals surface area contributed by atoms with Gasteiger partial charge in [0, 0.05) is 16.6 Å². The molecule has 0 spiro atoms. The summed E-state index contributed by atoms with van der Waals surface area (Å²) in [5.41, 5.74) is -0.515. The summed E-state index contributed by atoms with van der Waals surface area (Å²) in [5, 5.41) is 6.43. The van der Waals surface area contributed by atoms with Gasteiger partial charge in [-0.1, -0.05) is 41.9 Å². The highest BCUT2D eigenvalue weighted by atomic mass is 79.9. The molecule has 3 rings (SSSR count). The zero-order chi connectivity index (χ0) is 19.8. The largest absolute Gasteiger partial charge is 0.433 e. The summed E-state index contributed by atoms with van der Waals surface area (Å²) in [6.07, 6.45) is -3.54. The molecule has 0 saturated carbocycles. The number of aromatic nitrogens is 3. The number of hydrogen-bond donors (Lipinski definition) is 1. The maximum atomic E-state index is 13.5. The van der Waals surface area contributed by atoms with E-state index in [1.165, 1.54) is 0 Å². The van der Waals surface area contributed by atoms with Crippen molar-refractivity contribution in [1.29, 1.82) is 0 Å². The molecule has 0 radical (unpaired) electrons. The standard InChI is InChI=1S/C18H16BrF3N4O/c1-10(2)8-23-17(27)13-9-24-26-15(18(20,21)22)7-14(25-16(13)26)11-3-5-12(19)6-4-11/h3-7,9-10H,8H2,1-2H3,(H,23,27). The third-order valence-corrected chi connectivity index (χ3v) is 4.35. The molecule has 1 aromatic carbocycles. The molecule has 0 fully saturated rings. The van der Waals surface area contributed by atoms with E-state index >= 15 is 0 Å². The Hall–Kier alpha value is -2.42. The van der Waals surface area contributed by atoms with Crippen LogP contribution in [0.1, 0.15) is 29.9 Å². The first kappa shape index (κ1) is 19.3. The zero-order valence-electron chi connectivity index (χ0n) is 14.5. The zero-order valence-corrected chi connectivity index (χ0v) is 16.1. The second kappa shape index (κ2) is 7.30. The van der Waals surface area contributed by atoms with Crippen LogP contribution in [0.25, 0.3) is 16.9 Å². The molecule has 0 aliphatic carbocycles. The van der Waals surface area contributed by atoms with Crippen molar-refractivity contribution in [2.45, 2.75) is 20.0 Å². The summed E-state index contributed by atoms with van der Waals surface area (Å²) >= 11 is 3.29. The van der Waals surface area contributed by atoms with Crippen molar-refractivity contribution in [2.24, 2.45) is 5.92 Å². The van der Waals surface area contributed by atoms with Gasteiger partial charge in [-0.25, -0.2) is 9.50 Å². The fourth-order valence-electron chi connectivity index (χ4n) is 2.49. The van der Waals surface area contributed by atoms with Crippen LogP contribution in [0.4, 0.5) is 13.2 Å². The number of fused-ring (bicyclic) bond motifs is 1. The topological polar surface area (TPSA) is 59.3 Å². The van der Waals surface area contributed by atoms with Gasteiger partial charge in [-0.2, -0.15) is 18.3 Å². The second-order valence-electron chi connectivity index (χ2n) is 6.43. The molecule has 9 heteroatoms. The summed E-state index contributed by atoms with van der Waals surface area (Å²) < 4.78 is 42.1. The Morgan fingerprint density at radius 1 is 1.26 bits per heavy atom. The van der Waals surface area contributed by atoms with Crippen LogP contribution < -0.4 is 5.32 Å². The van der Waals surface area contributed by atoms with Crippen LogP contribution in [0.15, 0.2) is 41.0 Å². The van der Waals surface area contributed by atoms with E-state index in [1.807, 2.05) is 13.8 Å². The van der Waals surface area contributed by atoms with Crippen LogP contribution in [0, 0.1) is 5.92 Å². The Morgan fingerprint density at radius 3 is 2.52 bits per heavy atom. The smallest absolute Gasteiger partial charge is 0.352 e. The van der Waals surface area contributed by atoms with Crippen molar-refractivity contribution in [2.75, 3.05) is 6.54 Å². The number of alkyl halides is 3. The van der Waals surface area contributed by atoms with Gasteiger partial charge in [0.05, 0.1) is 11.9 Å². The Morgan fingerprint density at radius 2 is 1.93 bits per heavy atom. The number of benzene rings is 1. The summed E-state index contributed by atoms with van der Waals surface area (Å²) in [5.74, 6) is -0.305. The lowest BCUT2D eigenvalue weighted by molar-refractivity contribution is -0.142. The Bertz CT molecular complexity index is 981. The van der Waals surface area contributed by atoms with E-state index in [4.69, 9.17) is 0 Å². The van der Waals surface area contributed by atoms with Crippen LogP contribution in [-0.2, 0) is 6.18 Å². The number of nitrogens with zero attached hydrogens (tertiary/aromatic N) is 3. The highest BCUT2D eigenvalue weighted by Crippen LogP contribution is 2.33. The average molecular weight is 441 g/mol. The van der Waals surface area contributed by atoms with Crippen LogP contribution in [0.3, 0.4) is 0 Å². The predicted octanol–water partition coefficient (Wildman–Crippen LogP) is 4.56. The Labute approximate surface area is 161 Å². The Kier molecular flexibility index (Phi) is 5.23. The molecule has 3 aromatic rings. The van der Waals surface area contributed by atoms with Gasteiger partial charge >= 0.3 is 6.18 Å². The van der Waals surface area contributed by atoms with Crippen molar-refractivity contribution in [3.63, 3.8) is 0 Å². The molecule has 2 heterocycles. The van der Waals surface area contributed by atoms with Crippen molar-refractivity contribution in [3.8, 4) is 11.3 Å². The SMILES string of the molecule is CC(C)CNC(=O)c1cnn2c(C(F)(F)F)cc(-c3ccc(Br)cc3)nc12. The third-order valence-electron chi connectivity index (χ3n) is 3.82. The highest BCUT2D eigenvalue weighted by molar-refractivity contribution is 9.10. The van der Waals surface area contributed by atoms with E-state index in [0.29, 0.717) is 16.6 Å². The van der Waals surface area contributed by atoms with Gasteiger partial charge in [-0.15, -0.1) is 0 Å². The number of rotatable bonds is 4. The fraction of sp³-hybridized carbons (Fsp3) is 0.278. The molecule has 27 heavy (non-hydrogen) atoms. The van der Waals surface area contributed by atoms with Crippen molar-refractivity contribution >= 4 is 27.5 Å². The summed E-state index contributed by atoms with van der Waals surface area (Å²) in [6, 6.07) is 7.65. The molecule has 0 bridgehead atoms. The lowest BCUT2D eigenvalue weighted by Crippen LogP contribution is -2.27. The summed E-state index contributed by atoms with van der Waals surface area (Å²) in [7, 11) is 0. The minimum atomic E-state index is -4.65. The molecule has 0 atom stereocenters. The van der Waals surface area contributed by atoms with E-state index in [9.17, 15) is 18.0 Å². The van der Waals surface area contributed by atoms with Crippen molar-refractivity contribution in [1.82, 2.24) is 19.9 Å². The molecular formula is C18H16BrF3N4O. The van der Waals surface area contributed by atoms with Gasteiger partial charge in [0.25, 0.3) is 5.91 Å². The van der Waals surface area contributed by atoms with Crippen LogP contribution in [-0.4, -0.2) is 27.0 Å². The van der Waals surface area contributed by atoms with Gasteiger partial charge < -0.3 is 5.32 Å². The summed E-state index contributed by atoms with van der Waals surface area (Å²) in [4.78, 5) is 16.7. The van der Waals surface area contributed by atoms with Gasteiger partial charge in [-0.05, 0) is 24.1 Å². The average Bonchev–Trinajstić information content (AvgIpc) is 3.02. The lowest BCUT2D eigenvalue weighted by Gasteiger charge is -2.12. The predicted molar refractivity (Wildman–Crippen MR) is 98.3 cm³/mol. The molecule has 5 nitrogen and oxygen atoms in total. The third kappa shape index (κ3) is 4.13. The molecule has 142 valence electrons. The van der Waals surface area contributed by atoms with Crippen LogP contribution >= 0.6 is 15.9 Å². The highest BCUT2D eigenvalue weighted by Gasteiger charge is 2.36. The lowest BCUT2D eigenvalue weighted by atomic mass is 10.1. The number of halogens is 4. The normalized spacial score (nSPS) is 12.0. The molecule has 1 amide bonds. The van der Waals surface area contributed by atoms with E-state index in [0.717, 1.165) is 16.7 Å². The quantitative estimate of drug-likeness (QED) is 0.646. The maximum Gasteiger partial charge on any atom is 0.433 e. The van der Waals surface area contributed by atoms with E-state index in [2.05, 4.69) is 31.3 Å². The maximum absolute atomic E-state index is 13.5. The second-order valence-corrected chi connectivity index (χ2v) is 7.34. The van der Waals surface area contributed by atoms with Gasteiger partial charge in [-0.3, -0.25) is 4.79 Å². The van der Waals surface area contributed by atoms with Crippen molar-refractivity contribution < 1.29 is 18.0 Å². The number of carbonyl (C=O) groups is 1.